The lowest BCUT2D eigenvalue weighted by Crippen LogP contribution is -2.24. The number of benzene rings is 3. The van der Waals surface area contributed by atoms with E-state index in [0.717, 1.165) is 16.9 Å². The smallest absolute Gasteiger partial charge is 0.277 e. The zero-order valence-corrected chi connectivity index (χ0v) is 16.0. The molecule has 0 saturated carbocycles. The molecule has 0 aliphatic rings. The van der Waals surface area contributed by atoms with Gasteiger partial charge in [0.05, 0.1) is 6.21 Å². The highest BCUT2D eigenvalue weighted by molar-refractivity contribution is 6.30. The standard InChI is InChI=1S/C22H19ClN2O3/c1-16-12-18(23)10-11-21(16)27-15-22(26)25-24-14-17-6-5-9-20(13-17)28-19-7-3-2-4-8-19/h2-14H,15H2,1H3,(H,25,26). The van der Waals surface area contributed by atoms with Crippen LogP contribution in [0.2, 0.25) is 5.02 Å². The van der Waals surface area contributed by atoms with E-state index in [4.69, 9.17) is 21.1 Å². The van der Waals surface area contributed by atoms with E-state index in [1.807, 2.05) is 61.5 Å². The number of aryl methyl sites for hydroxylation is 1. The summed E-state index contributed by atoms with van der Waals surface area (Å²) in [4.78, 5) is 11.9. The molecule has 0 fully saturated rings. The highest BCUT2D eigenvalue weighted by Gasteiger charge is 2.04. The lowest BCUT2D eigenvalue weighted by molar-refractivity contribution is -0.123. The molecule has 0 spiro atoms. The SMILES string of the molecule is Cc1cc(Cl)ccc1OCC(=O)NN=Cc1cccc(Oc2ccccc2)c1. The molecule has 5 nitrogen and oxygen atoms in total. The molecule has 142 valence electrons. The largest absolute Gasteiger partial charge is 0.483 e. The fourth-order valence-corrected chi connectivity index (χ4v) is 2.64. The number of nitrogens with zero attached hydrogens (tertiary/aromatic N) is 1. The lowest BCUT2D eigenvalue weighted by atomic mass is 10.2. The first-order valence-electron chi connectivity index (χ1n) is 8.64. The van der Waals surface area contributed by atoms with Crippen molar-refractivity contribution in [2.24, 2.45) is 5.10 Å². The van der Waals surface area contributed by atoms with E-state index in [1.165, 1.54) is 0 Å². The van der Waals surface area contributed by atoms with Crippen LogP contribution in [-0.2, 0) is 4.79 Å². The van der Waals surface area contributed by atoms with Gasteiger partial charge in [-0.1, -0.05) is 41.9 Å². The van der Waals surface area contributed by atoms with Crippen molar-refractivity contribution in [1.29, 1.82) is 0 Å². The zero-order chi connectivity index (χ0) is 19.8. The van der Waals surface area contributed by atoms with Crippen molar-refractivity contribution in [2.75, 3.05) is 6.61 Å². The quantitative estimate of drug-likeness (QED) is 0.454. The van der Waals surface area contributed by atoms with Crippen molar-refractivity contribution < 1.29 is 14.3 Å². The van der Waals surface area contributed by atoms with Gasteiger partial charge in [-0.2, -0.15) is 5.10 Å². The number of para-hydroxylation sites is 1. The van der Waals surface area contributed by atoms with Gasteiger partial charge in [-0.3, -0.25) is 4.79 Å². The highest BCUT2D eigenvalue weighted by atomic mass is 35.5. The maximum absolute atomic E-state index is 11.9. The maximum atomic E-state index is 11.9. The summed E-state index contributed by atoms with van der Waals surface area (Å²) < 4.78 is 11.3. The molecule has 28 heavy (non-hydrogen) atoms. The molecule has 6 heteroatoms. The lowest BCUT2D eigenvalue weighted by Gasteiger charge is -2.08. The molecule has 0 saturated heterocycles. The van der Waals surface area contributed by atoms with Crippen molar-refractivity contribution >= 4 is 23.7 Å². The van der Waals surface area contributed by atoms with Crippen LogP contribution in [0.5, 0.6) is 17.2 Å². The number of halogens is 1. The second kappa shape index (κ2) is 9.58. The number of carbonyl (C=O) groups is 1. The molecular weight excluding hydrogens is 376 g/mol. The molecule has 0 bridgehead atoms. The topological polar surface area (TPSA) is 59.9 Å². The van der Waals surface area contributed by atoms with Crippen LogP contribution in [0.3, 0.4) is 0 Å². The molecule has 0 radical (unpaired) electrons. The second-order valence-corrected chi connectivity index (χ2v) is 6.42. The van der Waals surface area contributed by atoms with Crippen LogP contribution in [0, 0.1) is 6.92 Å². The van der Waals surface area contributed by atoms with Crippen molar-refractivity contribution in [3.8, 4) is 17.2 Å². The highest BCUT2D eigenvalue weighted by Crippen LogP contribution is 2.22. The van der Waals surface area contributed by atoms with Gasteiger partial charge in [-0.15, -0.1) is 0 Å². The molecule has 3 aromatic rings. The Morgan fingerprint density at radius 3 is 2.61 bits per heavy atom. The summed E-state index contributed by atoms with van der Waals surface area (Å²) in [5.41, 5.74) is 4.09. The number of nitrogens with one attached hydrogen (secondary N) is 1. The minimum Gasteiger partial charge on any atom is -0.483 e. The van der Waals surface area contributed by atoms with Crippen LogP contribution in [0.1, 0.15) is 11.1 Å². The van der Waals surface area contributed by atoms with Crippen molar-refractivity contribution in [3.63, 3.8) is 0 Å². The Kier molecular flexibility index (Phi) is 6.65. The third kappa shape index (κ3) is 5.86. The molecule has 3 rings (SSSR count). The van der Waals surface area contributed by atoms with Gasteiger partial charge >= 0.3 is 0 Å². The third-order valence-electron chi connectivity index (χ3n) is 3.74. The van der Waals surface area contributed by atoms with E-state index in [1.54, 1.807) is 24.4 Å². The summed E-state index contributed by atoms with van der Waals surface area (Å²) in [6.45, 7) is 1.72. The van der Waals surface area contributed by atoms with Crippen LogP contribution >= 0.6 is 11.6 Å². The zero-order valence-electron chi connectivity index (χ0n) is 15.3. The van der Waals surface area contributed by atoms with Gasteiger partial charge in [0.25, 0.3) is 5.91 Å². The summed E-state index contributed by atoms with van der Waals surface area (Å²) in [6.07, 6.45) is 1.54. The molecule has 0 heterocycles. The predicted octanol–water partition coefficient (Wildman–Crippen LogP) is 4.97. The third-order valence-corrected chi connectivity index (χ3v) is 3.97. The molecular formula is C22H19ClN2O3. The molecule has 0 atom stereocenters. The van der Waals surface area contributed by atoms with E-state index < -0.39 is 0 Å². The maximum Gasteiger partial charge on any atom is 0.277 e. The monoisotopic (exact) mass is 394 g/mol. The van der Waals surface area contributed by atoms with Crippen molar-refractivity contribution in [3.05, 3.63) is 88.9 Å². The second-order valence-electron chi connectivity index (χ2n) is 5.98. The Balaban J connectivity index is 1.51. The Labute approximate surface area is 168 Å². The summed E-state index contributed by atoms with van der Waals surface area (Å²) in [6, 6.07) is 22.1. The van der Waals surface area contributed by atoms with Crippen molar-refractivity contribution in [1.82, 2.24) is 5.43 Å². The molecule has 0 aliphatic heterocycles. The number of hydrogen-bond donors (Lipinski definition) is 1. The minimum atomic E-state index is -0.359. The average Bonchev–Trinajstić information content (AvgIpc) is 2.68. The fraction of sp³-hybridized carbons (Fsp3) is 0.0909. The van der Waals surface area contributed by atoms with Crippen LogP contribution < -0.4 is 14.9 Å². The normalized spacial score (nSPS) is 10.6. The Morgan fingerprint density at radius 2 is 1.82 bits per heavy atom. The molecule has 1 N–H and O–H groups in total. The molecule has 0 aromatic heterocycles. The molecule has 3 aromatic carbocycles. The van der Waals surface area contributed by atoms with Gasteiger partial charge in [-0.25, -0.2) is 5.43 Å². The van der Waals surface area contributed by atoms with E-state index >= 15 is 0 Å². The number of rotatable bonds is 7. The van der Waals surface area contributed by atoms with Gasteiger partial charge in [0, 0.05) is 5.02 Å². The minimum absolute atomic E-state index is 0.142. The average molecular weight is 395 g/mol. The van der Waals surface area contributed by atoms with Gasteiger partial charge in [-0.05, 0) is 60.5 Å². The van der Waals surface area contributed by atoms with E-state index in [9.17, 15) is 4.79 Å². The fourth-order valence-electron chi connectivity index (χ4n) is 2.41. The van der Waals surface area contributed by atoms with Gasteiger partial charge in [0.15, 0.2) is 6.61 Å². The Morgan fingerprint density at radius 1 is 1.04 bits per heavy atom. The summed E-state index contributed by atoms with van der Waals surface area (Å²) in [5.74, 6) is 1.68. The van der Waals surface area contributed by atoms with Crippen molar-refractivity contribution in [2.45, 2.75) is 6.92 Å². The first kappa shape index (κ1) is 19.5. The Hall–Kier alpha value is -3.31. The van der Waals surface area contributed by atoms with Crippen LogP contribution in [0.4, 0.5) is 0 Å². The summed E-state index contributed by atoms with van der Waals surface area (Å²) in [5, 5.41) is 4.58. The number of ether oxygens (including phenoxy) is 2. The van der Waals surface area contributed by atoms with Crippen LogP contribution in [-0.4, -0.2) is 18.7 Å². The van der Waals surface area contributed by atoms with Gasteiger partial charge in [0.2, 0.25) is 0 Å². The van der Waals surface area contributed by atoms with Crippen LogP contribution in [0.15, 0.2) is 77.9 Å². The van der Waals surface area contributed by atoms with E-state index in [2.05, 4.69) is 10.5 Å². The predicted molar refractivity (Wildman–Crippen MR) is 110 cm³/mol. The Bertz CT molecular complexity index is 975. The van der Waals surface area contributed by atoms with Gasteiger partial charge < -0.3 is 9.47 Å². The van der Waals surface area contributed by atoms with E-state index in [-0.39, 0.29) is 12.5 Å². The number of carbonyl (C=O) groups excluding carboxylic acids is 1. The number of hydrogen-bond acceptors (Lipinski definition) is 4. The molecule has 0 aliphatic carbocycles. The summed E-state index contributed by atoms with van der Waals surface area (Å²) in [7, 11) is 0. The first-order chi connectivity index (χ1) is 13.6. The van der Waals surface area contributed by atoms with E-state index in [0.29, 0.717) is 16.5 Å². The van der Waals surface area contributed by atoms with Crippen LogP contribution in [0.25, 0.3) is 0 Å². The summed E-state index contributed by atoms with van der Waals surface area (Å²) >= 11 is 5.90. The molecule has 0 unspecified atom stereocenters. The number of hydrazone groups is 1. The van der Waals surface area contributed by atoms with Gasteiger partial charge in [0.1, 0.15) is 17.2 Å². The first-order valence-corrected chi connectivity index (χ1v) is 9.02. The number of amides is 1. The molecule has 1 amide bonds.